The Bertz CT molecular complexity index is 1840. The molecular formula is C30H29FN6O4. The first-order valence-electron chi connectivity index (χ1n) is 13.5. The van der Waals surface area contributed by atoms with Crippen LogP contribution in [0.5, 0.6) is 5.75 Å². The third kappa shape index (κ3) is 4.56. The van der Waals surface area contributed by atoms with E-state index >= 15 is 0 Å². The highest BCUT2D eigenvalue weighted by molar-refractivity contribution is 5.97. The molecule has 1 amide bonds. The maximum Gasteiger partial charge on any atom is 0.335 e. The lowest BCUT2D eigenvalue weighted by Crippen LogP contribution is -2.29. The van der Waals surface area contributed by atoms with E-state index in [-0.39, 0.29) is 11.1 Å². The Balaban J connectivity index is 1.48. The number of aromatic carboxylic acids is 1. The lowest BCUT2D eigenvalue weighted by molar-refractivity contribution is 0.0696. The number of pyridine rings is 2. The van der Waals surface area contributed by atoms with Crippen molar-refractivity contribution >= 4 is 33.9 Å². The summed E-state index contributed by atoms with van der Waals surface area (Å²) in [5, 5.41) is 13.4. The van der Waals surface area contributed by atoms with E-state index in [4.69, 9.17) is 14.7 Å². The summed E-state index contributed by atoms with van der Waals surface area (Å²) in [7, 11) is 3.38. The van der Waals surface area contributed by atoms with Crippen LogP contribution in [0.4, 0.5) is 4.39 Å². The van der Waals surface area contributed by atoms with Crippen molar-refractivity contribution in [3.8, 4) is 17.3 Å². The van der Waals surface area contributed by atoms with Crippen molar-refractivity contribution in [1.29, 1.82) is 0 Å². The van der Waals surface area contributed by atoms with Crippen LogP contribution >= 0.6 is 0 Å². The van der Waals surface area contributed by atoms with Gasteiger partial charge in [0.1, 0.15) is 22.7 Å². The van der Waals surface area contributed by atoms with E-state index in [9.17, 15) is 19.1 Å². The van der Waals surface area contributed by atoms with Crippen molar-refractivity contribution in [3.63, 3.8) is 0 Å². The number of methoxy groups -OCH3 is 1. The standard InChI is InChI=1S/C30H29FN6O4/c1-16-20-9-8-17-14-23(28-35-22-13-18(30(39)40)15-24(41-3)26(22)36(28)2)37(27(17)34-20)12-6-4-5-7-21-25(29(38)33-16)19(31)10-11-32-21/h8-11,13-16H,4-7,12H2,1-3H3,(H,33,38)(H,39,40)/t16-/m1/s1. The van der Waals surface area contributed by atoms with Crippen LogP contribution in [0.1, 0.15) is 64.3 Å². The second-order valence-corrected chi connectivity index (χ2v) is 10.3. The normalized spacial score (nSPS) is 16.0. The molecule has 0 unspecified atom stereocenters. The fraction of sp³-hybridized carbons (Fsp3) is 0.300. The Kier molecular flexibility index (Phi) is 6.64. The van der Waals surface area contributed by atoms with Crippen LogP contribution in [-0.4, -0.2) is 48.2 Å². The molecule has 41 heavy (non-hydrogen) atoms. The summed E-state index contributed by atoms with van der Waals surface area (Å²) in [6.45, 7) is 2.47. The van der Waals surface area contributed by atoms with Gasteiger partial charge >= 0.3 is 5.97 Å². The van der Waals surface area contributed by atoms with Gasteiger partial charge in [0.05, 0.1) is 46.9 Å². The molecule has 2 N–H and O–H groups in total. The van der Waals surface area contributed by atoms with Crippen LogP contribution in [0.3, 0.4) is 0 Å². The first-order valence-corrected chi connectivity index (χ1v) is 13.5. The fourth-order valence-electron chi connectivity index (χ4n) is 5.60. The van der Waals surface area contributed by atoms with Gasteiger partial charge in [-0.2, -0.15) is 0 Å². The summed E-state index contributed by atoms with van der Waals surface area (Å²) in [6, 6.07) is 9.60. The monoisotopic (exact) mass is 556 g/mol. The van der Waals surface area contributed by atoms with Crippen molar-refractivity contribution in [2.45, 2.75) is 45.2 Å². The number of imidazole rings is 1. The van der Waals surface area contributed by atoms with Gasteiger partial charge in [0, 0.05) is 25.2 Å². The molecule has 1 aliphatic heterocycles. The number of rotatable bonds is 3. The van der Waals surface area contributed by atoms with Crippen LogP contribution in [0.25, 0.3) is 33.6 Å². The average Bonchev–Trinajstić information content (AvgIpc) is 3.48. The second-order valence-electron chi connectivity index (χ2n) is 10.3. The molecule has 6 rings (SSSR count). The number of carboxylic acids is 1. The topological polar surface area (TPSA) is 124 Å². The first-order chi connectivity index (χ1) is 19.8. The number of ether oxygens (including phenoxy) is 1. The molecule has 11 heteroatoms. The SMILES string of the molecule is COc1cc(C(=O)O)cc2nc(-c3cc4ccc5nc4n3CCCCCc3nccc(F)c3C(=O)N[C@@H]5C)n(C)c12. The summed E-state index contributed by atoms with van der Waals surface area (Å²) in [6.07, 6.45) is 4.26. The number of nitrogens with one attached hydrogen (secondary N) is 1. The smallest absolute Gasteiger partial charge is 0.335 e. The van der Waals surface area contributed by atoms with E-state index in [0.29, 0.717) is 47.0 Å². The molecule has 5 heterocycles. The van der Waals surface area contributed by atoms with E-state index in [1.54, 1.807) is 6.07 Å². The number of hydrogen-bond acceptors (Lipinski definition) is 6. The Morgan fingerprint density at radius 1 is 1.15 bits per heavy atom. The molecule has 4 aromatic heterocycles. The molecule has 210 valence electrons. The van der Waals surface area contributed by atoms with Gasteiger partial charge in [-0.25, -0.2) is 19.2 Å². The maximum atomic E-state index is 14.7. The van der Waals surface area contributed by atoms with E-state index in [2.05, 4.69) is 14.9 Å². The molecule has 5 aromatic rings. The minimum Gasteiger partial charge on any atom is -0.494 e. The zero-order valence-corrected chi connectivity index (χ0v) is 22.9. The van der Waals surface area contributed by atoms with Crippen molar-refractivity contribution in [1.82, 2.24) is 29.4 Å². The van der Waals surface area contributed by atoms with Crippen LogP contribution in [0.2, 0.25) is 0 Å². The maximum absolute atomic E-state index is 14.7. The zero-order chi connectivity index (χ0) is 28.8. The highest BCUT2D eigenvalue weighted by Crippen LogP contribution is 2.34. The van der Waals surface area contributed by atoms with Crippen LogP contribution < -0.4 is 10.1 Å². The number of carboxylic acid groups (broad SMARTS) is 1. The first kappa shape index (κ1) is 26.4. The second kappa shape index (κ2) is 10.3. The molecule has 0 aliphatic carbocycles. The largest absolute Gasteiger partial charge is 0.494 e. The lowest BCUT2D eigenvalue weighted by Gasteiger charge is -2.17. The molecule has 2 bridgehead atoms. The predicted octanol–water partition coefficient (Wildman–Crippen LogP) is 5.05. The molecule has 0 saturated carbocycles. The van der Waals surface area contributed by atoms with Crippen molar-refractivity contribution in [2.24, 2.45) is 7.05 Å². The molecule has 0 saturated heterocycles. The van der Waals surface area contributed by atoms with E-state index in [0.717, 1.165) is 36.0 Å². The number of fused-ring (bicyclic) bond motifs is 3. The number of hydrogen-bond donors (Lipinski definition) is 2. The number of aryl methyl sites for hydroxylation is 3. The molecule has 1 atom stereocenters. The number of halogens is 1. The van der Waals surface area contributed by atoms with Gasteiger partial charge in [0.25, 0.3) is 5.91 Å². The average molecular weight is 557 g/mol. The highest BCUT2D eigenvalue weighted by atomic mass is 19.1. The number of nitrogens with zero attached hydrogens (tertiary/aromatic N) is 5. The minimum atomic E-state index is -1.06. The van der Waals surface area contributed by atoms with Gasteiger partial charge in [0.2, 0.25) is 0 Å². The molecule has 0 radical (unpaired) electrons. The summed E-state index contributed by atoms with van der Waals surface area (Å²) < 4.78 is 24.3. The van der Waals surface area contributed by atoms with Crippen molar-refractivity contribution in [3.05, 3.63) is 70.9 Å². The Morgan fingerprint density at radius 3 is 2.76 bits per heavy atom. The molecule has 1 aliphatic rings. The van der Waals surface area contributed by atoms with Crippen LogP contribution in [-0.2, 0) is 20.0 Å². The molecular weight excluding hydrogens is 527 g/mol. The quantitative estimate of drug-likeness (QED) is 0.319. The van der Waals surface area contributed by atoms with Crippen LogP contribution in [0.15, 0.2) is 42.6 Å². The number of carbonyl (C=O) groups is 2. The molecule has 0 spiro atoms. The van der Waals surface area contributed by atoms with Crippen molar-refractivity contribution in [2.75, 3.05) is 7.11 Å². The number of carbonyl (C=O) groups excluding carboxylic acids is 1. The summed E-state index contributed by atoms with van der Waals surface area (Å²) >= 11 is 0. The number of benzene rings is 1. The summed E-state index contributed by atoms with van der Waals surface area (Å²) in [4.78, 5) is 38.9. The Hall–Kier alpha value is -4.80. The number of aromatic nitrogens is 5. The van der Waals surface area contributed by atoms with Gasteiger partial charge in [-0.05, 0) is 62.6 Å². The molecule has 1 aromatic carbocycles. The van der Waals surface area contributed by atoms with Crippen LogP contribution in [0, 0.1) is 5.82 Å². The molecule has 10 nitrogen and oxygen atoms in total. The minimum absolute atomic E-state index is 0.00789. The summed E-state index contributed by atoms with van der Waals surface area (Å²) in [5.74, 6) is -1.08. The Morgan fingerprint density at radius 2 is 1.98 bits per heavy atom. The van der Waals surface area contributed by atoms with Gasteiger partial charge < -0.3 is 24.3 Å². The third-order valence-electron chi connectivity index (χ3n) is 7.69. The van der Waals surface area contributed by atoms with E-state index in [1.165, 1.54) is 25.4 Å². The lowest BCUT2D eigenvalue weighted by atomic mass is 10.0. The van der Waals surface area contributed by atoms with Gasteiger partial charge in [-0.15, -0.1) is 0 Å². The van der Waals surface area contributed by atoms with Crippen molar-refractivity contribution < 1.29 is 23.8 Å². The third-order valence-corrected chi connectivity index (χ3v) is 7.69. The van der Waals surface area contributed by atoms with Gasteiger partial charge in [-0.3, -0.25) is 9.78 Å². The van der Waals surface area contributed by atoms with Gasteiger partial charge in [-0.1, -0.05) is 6.42 Å². The number of amides is 1. The molecule has 0 fully saturated rings. The fourth-order valence-corrected chi connectivity index (χ4v) is 5.60. The highest BCUT2D eigenvalue weighted by Gasteiger charge is 2.24. The predicted molar refractivity (Wildman–Crippen MR) is 151 cm³/mol. The van der Waals surface area contributed by atoms with E-state index in [1.807, 2.05) is 36.7 Å². The zero-order valence-electron chi connectivity index (χ0n) is 22.9. The summed E-state index contributed by atoms with van der Waals surface area (Å²) in [5.41, 5.74) is 3.96. The van der Waals surface area contributed by atoms with E-state index < -0.39 is 23.7 Å². The van der Waals surface area contributed by atoms with Gasteiger partial charge in [0.15, 0.2) is 5.82 Å². The Labute approximate surface area is 234 Å².